The number of hydrogen-bond acceptors (Lipinski definition) is 3. The van der Waals surface area contributed by atoms with Gasteiger partial charge < -0.3 is 5.32 Å². The fraction of sp³-hybridized carbons (Fsp3) is 0.600. The molecule has 1 aromatic carbocycles. The van der Waals surface area contributed by atoms with Crippen molar-refractivity contribution in [1.82, 2.24) is 5.32 Å². The zero-order chi connectivity index (χ0) is 14.0. The van der Waals surface area contributed by atoms with Crippen molar-refractivity contribution in [3.8, 4) is 0 Å². The zero-order valence-corrected chi connectivity index (χ0v) is 12.8. The average Bonchev–Trinajstić information content (AvgIpc) is 2.82. The minimum absolute atomic E-state index is 0.223. The van der Waals surface area contributed by atoms with Crippen molar-refractivity contribution >= 4 is 9.84 Å². The van der Waals surface area contributed by atoms with Gasteiger partial charge in [0.15, 0.2) is 9.84 Å². The first kappa shape index (κ1) is 14.5. The van der Waals surface area contributed by atoms with Gasteiger partial charge in [0, 0.05) is 6.04 Å². The fourth-order valence-electron chi connectivity index (χ4n) is 2.78. The molecule has 1 aliphatic rings. The van der Waals surface area contributed by atoms with E-state index in [0.29, 0.717) is 10.9 Å². The molecule has 0 radical (unpaired) electrons. The van der Waals surface area contributed by atoms with E-state index in [2.05, 4.69) is 12.2 Å². The summed E-state index contributed by atoms with van der Waals surface area (Å²) in [7, 11) is -3.17. The Bertz CT molecular complexity index is 551. The van der Waals surface area contributed by atoms with Gasteiger partial charge in [-0.05, 0) is 62.9 Å². The predicted octanol–water partition coefficient (Wildman–Crippen LogP) is 2.61. The van der Waals surface area contributed by atoms with Crippen LogP contribution in [0.4, 0.5) is 0 Å². The van der Waals surface area contributed by atoms with Gasteiger partial charge >= 0.3 is 0 Å². The van der Waals surface area contributed by atoms with Crippen LogP contribution in [0.3, 0.4) is 0 Å². The third kappa shape index (κ3) is 3.00. The van der Waals surface area contributed by atoms with Crippen molar-refractivity contribution < 1.29 is 8.42 Å². The summed E-state index contributed by atoms with van der Waals surface area (Å²) in [5.41, 5.74) is 2.18. The second-order valence-corrected chi connectivity index (χ2v) is 7.71. The van der Waals surface area contributed by atoms with Crippen LogP contribution in [0.5, 0.6) is 0 Å². The molecule has 2 rings (SSSR count). The Morgan fingerprint density at radius 3 is 2.58 bits per heavy atom. The molecular formula is C15H23NO2S. The highest BCUT2D eigenvalue weighted by Crippen LogP contribution is 2.30. The second-order valence-electron chi connectivity index (χ2n) is 5.48. The highest BCUT2D eigenvalue weighted by Gasteiger charge is 2.34. The van der Waals surface area contributed by atoms with Crippen molar-refractivity contribution in [1.29, 1.82) is 0 Å². The van der Waals surface area contributed by atoms with Crippen molar-refractivity contribution in [2.24, 2.45) is 0 Å². The first-order chi connectivity index (χ1) is 8.95. The highest BCUT2D eigenvalue weighted by atomic mass is 32.2. The molecule has 4 heteroatoms. The summed E-state index contributed by atoms with van der Waals surface area (Å²) in [6.45, 7) is 6.93. The maximum Gasteiger partial charge on any atom is 0.181 e. The van der Waals surface area contributed by atoms with Crippen LogP contribution in [0, 0.1) is 13.8 Å². The van der Waals surface area contributed by atoms with Gasteiger partial charge in [0.25, 0.3) is 0 Å². The van der Waals surface area contributed by atoms with Crippen molar-refractivity contribution in [3.63, 3.8) is 0 Å². The van der Waals surface area contributed by atoms with Crippen LogP contribution >= 0.6 is 0 Å². The summed E-state index contributed by atoms with van der Waals surface area (Å²) >= 11 is 0. The fourth-order valence-corrected chi connectivity index (χ4v) is 4.70. The summed E-state index contributed by atoms with van der Waals surface area (Å²) in [4.78, 5) is 0.484. The molecule has 0 bridgehead atoms. The van der Waals surface area contributed by atoms with Crippen LogP contribution in [-0.4, -0.2) is 26.3 Å². The smallest absolute Gasteiger partial charge is 0.181 e. The van der Waals surface area contributed by atoms with E-state index >= 15 is 0 Å². The summed E-state index contributed by atoms with van der Waals surface area (Å²) in [5, 5.41) is 3.13. The molecular weight excluding hydrogens is 258 g/mol. The molecule has 19 heavy (non-hydrogen) atoms. The zero-order valence-electron chi connectivity index (χ0n) is 11.9. The molecule has 2 atom stereocenters. The van der Waals surface area contributed by atoms with Crippen LogP contribution < -0.4 is 5.32 Å². The Morgan fingerprint density at radius 1 is 1.21 bits per heavy atom. The van der Waals surface area contributed by atoms with Crippen LogP contribution in [0.25, 0.3) is 0 Å². The minimum atomic E-state index is -3.17. The molecule has 0 aromatic heterocycles. The third-order valence-corrected chi connectivity index (χ3v) is 6.34. The standard InChI is InChI=1S/C15H23NO2S/c1-4-16-13-6-8-15(10-13)19(17,18)14-7-5-11(2)12(3)9-14/h5,7,9,13,15-16H,4,6,8,10H2,1-3H3. The maximum absolute atomic E-state index is 12.6. The molecule has 1 fully saturated rings. The molecule has 0 spiro atoms. The van der Waals surface area contributed by atoms with E-state index in [0.717, 1.165) is 36.9 Å². The summed E-state index contributed by atoms with van der Waals surface area (Å²) in [6, 6.07) is 5.82. The molecule has 1 N–H and O–H groups in total. The second kappa shape index (κ2) is 5.63. The Morgan fingerprint density at radius 2 is 1.95 bits per heavy atom. The molecule has 1 aliphatic carbocycles. The van der Waals surface area contributed by atoms with Gasteiger partial charge in [-0.25, -0.2) is 8.42 Å². The third-order valence-electron chi connectivity index (χ3n) is 4.12. The lowest BCUT2D eigenvalue weighted by Crippen LogP contribution is -2.28. The average molecular weight is 281 g/mol. The van der Waals surface area contributed by atoms with Gasteiger partial charge in [-0.3, -0.25) is 0 Å². The van der Waals surface area contributed by atoms with E-state index in [4.69, 9.17) is 0 Å². The lowest BCUT2D eigenvalue weighted by Gasteiger charge is -2.14. The van der Waals surface area contributed by atoms with Gasteiger partial charge in [0.1, 0.15) is 0 Å². The molecule has 0 aliphatic heterocycles. The Labute approximate surface area is 116 Å². The number of sulfone groups is 1. The predicted molar refractivity (Wildman–Crippen MR) is 78.2 cm³/mol. The van der Waals surface area contributed by atoms with Crippen LogP contribution in [-0.2, 0) is 9.84 Å². The number of aryl methyl sites for hydroxylation is 2. The number of benzene rings is 1. The SMILES string of the molecule is CCNC1CCC(S(=O)(=O)c2ccc(C)c(C)c2)C1. The highest BCUT2D eigenvalue weighted by molar-refractivity contribution is 7.92. The van der Waals surface area contributed by atoms with E-state index in [-0.39, 0.29) is 5.25 Å². The largest absolute Gasteiger partial charge is 0.314 e. The van der Waals surface area contributed by atoms with Crippen molar-refractivity contribution in [3.05, 3.63) is 29.3 Å². The molecule has 0 saturated heterocycles. The normalized spacial score (nSPS) is 23.7. The molecule has 2 unspecified atom stereocenters. The minimum Gasteiger partial charge on any atom is -0.314 e. The monoisotopic (exact) mass is 281 g/mol. The molecule has 106 valence electrons. The Kier molecular flexibility index (Phi) is 4.31. The Balaban J connectivity index is 2.21. The van der Waals surface area contributed by atoms with Crippen LogP contribution in [0.1, 0.15) is 37.3 Å². The first-order valence-corrected chi connectivity index (χ1v) is 8.54. The van der Waals surface area contributed by atoms with E-state index in [1.807, 2.05) is 26.0 Å². The number of nitrogens with one attached hydrogen (secondary N) is 1. The maximum atomic E-state index is 12.6. The Hall–Kier alpha value is -0.870. The van der Waals surface area contributed by atoms with Gasteiger partial charge in [-0.15, -0.1) is 0 Å². The topological polar surface area (TPSA) is 46.2 Å². The molecule has 0 amide bonds. The van der Waals surface area contributed by atoms with Crippen LogP contribution in [0.2, 0.25) is 0 Å². The number of hydrogen-bond donors (Lipinski definition) is 1. The first-order valence-electron chi connectivity index (χ1n) is 6.99. The van der Waals surface area contributed by atoms with E-state index in [1.54, 1.807) is 6.07 Å². The van der Waals surface area contributed by atoms with Crippen molar-refractivity contribution in [2.75, 3.05) is 6.54 Å². The van der Waals surface area contributed by atoms with Crippen LogP contribution in [0.15, 0.2) is 23.1 Å². The quantitative estimate of drug-likeness (QED) is 0.923. The van der Waals surface area contributed by atoms with E-state index in [9.17, 15) is 8.42 Å². The van der Waals surface area contributed by atoms with Gasteiger partial charge in [0.05, 0.1) is 10.1 Å². The van der Waals surface area contributed by atoms with Gasteiger partial charge in [0.2, 0.25) is 0 Å². The van der Waals surface area contributed by atoms with Crippen molar-refractivity contribution in [2.45, 2.75) is 56.2 Å². The molecule has 0 heterocycles. The van der Waals surface area contributed by atoms with E-state index in [1.165, 1.54) is 0 Å². The molecule has 1 aromatic rings. The van der Waals surface area contributed by atoms with E-state index < -0.39 is 9.84 Å². The lowest BCUT2D eigenvalue weighted by molar-refractivity contribution is 0.537. The van der Waals surface area contributed by atoms with Gasteiger partial charge in [-0.1, -0.05) is 13.0 Å². The summed E-state index contributed by atoms with van der Waals surface area (Å²) < 4.78 is 25.2. The number of rotatable bonds is 4. The molecule has 1 saturated carbocycles. The summed E-state index contributed by atoms with van der Waals surface area (Å²) in [6.07, 6.45) is 2.47. The lowest BCUT2D eigenvalue weighted by atomic mass is 10.1. The summed E-state index contributed by atoms with van der Waals surface area (Å²) in [5.74, 6) is 0. The van der Waals surface area contributed by atoms with Gasteiger partial charge in [-0.2, -0.15) is 0 Å². The molecule has 3 nitrogen and oxygen atoms in total.